The second kappa shape index (κ2) is 12.2. The molecule has 0 aliphatic heterocycles. The van der Waals surface area contributed by atoms with Crippen molar-refractivity contribution in [1.29, 1.82) is 0 Å². The Balaban J connectivity index is 1.98. The lowest BCUT2D eigenvalue weighted by atomic mass is 9.92. The van der Waals surface area contributed by atoms with Gasteiger partial charge >= 0.3 is 0 Å². The number of allylic oxidation sites excluding steroid dienone is 1. The van der Waals surface area contributed by atoms with E-state index in [2.05, 4.69) is 147 Å². The first-order chi connectivity index (χ1) is 18.0. The van der Waals surface area contributed by atoms with Gasteiger partial charge in [-0.25, -0.2) is 0 Å². The molecule has 0 heterocycles. The molecule has 0 unspecified atom stereocenters. The molecular formula is C34H54O2Si3. The molecule has 3 rings (SSSR count). The minimum absolute atomic E-state index is 0.0221. The molecule has 0 amide bonds. The lowest BCUT2D eigenvalue weighted by Gasteiger charge is -2.43. The monoisotopic (exact) mass is 578 g/mol. The maximum atomic E-state index is 7.25. The van der Waals surface area contributed by atoms with Crippen LogP contribution in [0.4, 0.5) is 0 Å². The standard InChI is InChI=1S/C34H54O2Si3/c1-33(2,3)38(10,11)36-30-23-22-29(27-37(7,8)9)28(26-30)24-25-35-39(34(4,5)6,31-18-14-12-15-19-31)32-20-16-13-17-21-32/h12-22,24,30H,23,25-27H2,1-11H3/b28-24+/t30-/m0/s1. The van der Waals surface area contributed by atoms with Crippen LogP contribution in [-0.2, 0) is 8.85 Å². The molecule has 214 valence electrons. The molecule has 1 atom stereocenters. The van der Waals surface area contributed by atoms with Gasteiger partial charge in [-0.2, -0.15) is 0 Å². The van der Waals surface area contributed by atoms with Crippen LogP contribution in [0.5, 0.6) is 0 Å². The Kier molecular flexibility index (Phi) is 9.98. The van der Waals surface area contributed by atoms with Crippen molar-refractivity contribution in [3.8, 4) is 0 Å². The zero-order valence-electron chi connectivity index (χ0n) is 26.7. The molecule has 0 aromatic heterocycles. The van der Waals surface area contributed by atoms with Gasteiger partial charge in [0.2, 0.25) is 0 Å². The first kappa shape index (κ1) is 32.0. The predicted molar refractivity (Wildman–Crippen MR) is 179 cm³/mol. The average molecular weight is 579 g/mol. The van der Waals surface area contributed by atoms with E-state index in [9.17, 15) is 0 Å². The van der Waals surface area contributed by atoms with Crippen molar-refractivity contribution >= 4 is 35.1 Å². The van der Waals surface area contributed by atoms with Crippen LogP contribution in [0, 0.1) is 0 Å². The summed E-state index contributed by atoms with van der Waals surface area (Å²) in [4.78, 5) is 0. The molecule has 0 fully saturated rings. The van der Waals surface area contributed by atoms with Gasteiger partial charge in [0, 0.05) is 8.07 Å². The van der Waals surface area contributed by atoms with Crippen LogP contribution in [0.3, 0.4) is 0 Å². The number of hydrogen-bond acceptors (Lipinski definition) is 2. The molecule has 39 heavy (non-hydrogen) atoms. The molecule has 0 bridgehead atoms. The molecule has 2 aromatic rings. The highest BCUT2D eigenvalue weighted by atomic mass is 28.4. The van der Waals surface area contributed by atoms with Gasteiger partial charge in [0.15, 0.2) is 8.32 Å². The lowest BCUT2D eigenvalue weighted by molar-refractivity contribution is 0.180. The Morgan fingerprint density at radius 3 is 1.72 bits per heavy atom. The molecule has 0 saturated heterocycles. The van der Waals surface area contributed by atoms with Crippen molar-refractivity contribution in [1.82, 2.24) is 0 Å². The van der Waals surface area contributed by atoms with E-state index in [0.717, 1.165) is 12.8 Å². The van der Waals surface area contributed by atoms with E-state index in [0.29, 0.717) is 6.61 Å². The Morgan fingerprint density at radius 1 is 0.769 bits per heavy atom. The number of hydrogen-bond donors (Lipinski definition) is 0. The predicted octanol–water partition coefficient (Wildman–Crippen LogP) is 8.94. The zero-order chi connectivity index (χ0) is 29.1. The Morgan fingerprint density at radius 2 is 1.28 bits per heavy atom. The molecule has 0 spiro atoms. The summed E-state index contributed by atoms with van der Waals surface area (Å²) in [5.74, 6) is 0. The van der Waals surface area contributed by atoms with Crippen LogP contribution < -0.4 is 10.4 Å². The van der Waals surface area contributed by atoms with Crippen molar-refractivity contribution in [2.45, 2.75) is 109 Å². The average Bonchev–Trinajstić information content (AvgIpc) is 2.82. The minimum Gasteiger partial charge on any atom is -0.413 e. The lowest BCUT2D eigenvalue weighted by Crippen LogP contribution is -2.66. The molecule has 2 nitrogen and oxygen atoms in total. The topological polar surface area (TPSA) is 18.5 Å². The van der Waals surface area contributed by atoms with Gasteiger partial charge in [0.1, 0.15) is 0 Å². The van der Waals surface area contributed by atoms with E-state index in [4.69, 9.17) is 8.85 Å². The van der Waals surface area contributed by atoms with Crippen LogP contribution in [0.15, 0.2) is 84.0 Å². The second-order valence-corrected chi connectivity index (χ2v) is 29.6. The van der Waals surface area contributed by atoms with Crippen molar-refractivity contribution in [2.75, 3.05) is 6.61 Å². The van der Waals surface area contributed by atoms with E-state index >= 15 is 0 Å². The summed E-state index contributed by atoms with van der Waals surface area (Å²) >= 11 is 0. The summed E-state index contributed by atoms with van der Waals surface area (Å²) in [5, 5.41) is 2.86. The van der Waals surface area contributed by atoms with Crippen LogP contribution in [0.1, 0.15) is 54.4 Å². The summed E-state index contributed by atoms with van der Waals surface area (Å²) in [5.41, 5.74) is 2.99. The number of benzene rings is 2. The van der Waals surface area contributed by atoms with E-state index in [1.807, 2.05) is 0 Å². The van der Waals surface area contributed by atoms with Gasteiger partial charge in [0.05, 0.1) is 12.7 Å². The highest BCUT2D eigenvalue weighted by Crippen LogP contribution is 2.41. The zero-order valence-corrected chi connectivity index (χ0v) is 29.7. The Labute approximate surface area is 243 Å². The van der Waals surface area contributed by atoms with Gasteiger partial charge < -0.3 is 8.85 Å². The molecular weight excluding hydrogens is 525 g/mol. The van der Waals surface area contributed by atoms with Gasteiger partial charge in [-0.15, -0.1) is 0 Å². The SMILES string of the molecule is CC(C)(C)[Si](C)(C)O[C@H]1CC=C(C[Si](C)(C)C)/C(=C/CO[Si](c2ccccc2)(c2ccccc2)C(C)(C)C)C1. The minimum atomic E-state index is -2.56. The largest absolute Gasteiger partial charge is 0.413 e. The highest BCUT2D eigenvalue weighted by molar-refractivity contribution is 6.99. The van der Waals surface area contributed by atoms with Crippen LogP contribution in [-0.4, -0.2) is 37.4 Å². The first-order valence-electron chi connectivity index (χ1n) is 14.8. The third kappa shape index (κ3) is 7.82. The third-order valence-electron chi connectivity index (χ3n) is 8.52. The van der Waals surface area contributed by atoms with Gasteiger partial charge in [-0.3, -0.25) is 0 Å². The molecule has 5 heteroatoms. The second-order valence-electron chi connectivity index (χ2n) is 15.1. The summed E-state index contributed by atoms with van der Waals surface area (Å²) < 4.78 is 14.2. The molecule has 1 aliphatic carbocycles. The summed E-state index contributed by atoms with van der Waals surface area (Å²) in [6.45, 7) is 26.9. The van der Waals surface area contributed by atoms with Crippen LogP contribution in [0.2, 0.25) is 48.9 Å². The van der Waals surface area contributed by atoms with E-state index in [-0.39, 0.29) is 16.2 Å². The van der Waals surface area contributed by atoms with Crippen molar-refractivity contribution in [3.63, 3.8) is 0 Å². The number of rotatable bonds is 9. The molecule has 1 aliphatic rings. The fourth-order valence-corrected chi connectivity index (χ4v) is 12.9. The first-order valence-corrected chi connectivity index (χ1v) is 23.3. The maximum Gasteiger partial charge on any atom is 0.261 e. The molecule has 0 radical (unpaired) electrons. The van der Waals surface area contributed by atoms with E-state index < -0.39 is 24.7 Å². The van der Waals surface area contributed by atoms with E-state index in [1.54, 1.807) is 0 Å². The van der Waals surface area contributed by atoms with E-state index in [1.165, 1.54) is 27.6 Å². The van der Waals surface area contributed by atoms with Crippen molar-refractivity contribution in [2.24, 2.45) is 0 Å². The quantitative estimate of drug-likeness (QED) is 0.277. The van der Waals surface area contributed by atoms with Crippen LogP contribution >= 0.6 is 0 Å². The van der Waals surface area contributed by atoms with Gasteiger partial charge in [-0.1, -0.05) is 140 Å². The summed E-state index contributed by atoms with van der Waals surface area (Å²) in [6, 6.07) is 23.2. The van der Waals surface area contributed by atoms with Crippen LogP contribution in [0.25, 0.3) is 0 Å². The van der Waals surface area contributed by atoms with Crippen molar-refractivity contribution < 1.29 is 8.85 Å². The normalized spacial score (nSPS) is 18.8. The summed E-state index contributed by atoms with van der Waals surface area (Å²) in [7, 11) is -5.67. The maximum absolute atomic E-state index is 7.25. The molecule has 0 N–H and O–H groups in total. The fraction of sp³-hybridized carbons (Fsp3) is 0.529. The summed E-state index contributed by atoms with van der Waals surface area (Å²) in [6.07, 6.45) is 7.18. The van der Waals surface area contributed by atoms with Gasteiger partial charge in [0.25, 0.3) is 8.32 Å². The smallest absolute Gasteiger partial charge is 0.261 e. The highest BCUT2D eigenvalue weighted by Gasteiger charge is 2.50. The fourth-order valence-electron chi connectivity index (χ4n) is 5.55. The Bertz CT molecular complexity index is 1090. The Hall–Kier alpha value is -1.51. The van der Waals surface area contributed by atoms with Crippen molar-refractivity contribution in [3.05, 3.63) is 84.0 Å². The molecule has 2 aromatic carbocycles. The van der Waals surface area contributed by atoms with Gasteiger partial charge in [-0.05, 0) is 58.0 Å². The third-order valence-corrected chi connectivity index (χ3v) is 19.5. The molecule has 0 saturated carbocycles.